The summed E-state index contributed by atoms with van der Waals surface area (Å²) >= 11 is 0. The molecule has 1 amide bonds. The second kappa shape index (κ2) is 17.8. The molecule has 6 N–H and O–H groups in total. The molecule has 0 spiro atoms. The van der Waals surface area contributed by atoms with E-state index in [1.807, 2.05) is 24.3 Å². The molecule has 0 fully saturated rings. The number of rotatable bonds is 21. The van der Waals surface area contributed by atoms with Crippen LogP contribution in [0.15, 0.2) is 24.3 Å². The normalized spacial score (nSPS) is 11.2. The molecule has 1 rings (SSSR count). The number of nitrogens with zero attached hydrogens (tertiary/aromatic N) is 3. The fourth-order valence-electron chi connectivity index (χ4n) is 3.40. The van der Waals surface area contributed by atoms with Gasteiger partial charge in [-0.2, -0.15) is 0 Å². The molecule has 15 nitrogen and oxygen atoms in total. The molecule has 38 heavy (non-hydrogen) atoms. The van der Waals surface area contributed by atoms with Crippen molar-refractivity contribution in [2.45, 2.75) is 13.2 Å². The number of carbonyl (C=O) groups is 5. The van der Waals surface area contributed by atoms with Crippen LogP contribution in [0.25, 0.3) is 0 Å². The van der Waals surface area contributed by atoms with E-state index in [9.17, 15) is 24.0 Å². The summed E-state index contributed by atoms with van der Waals surface area (Å²) in [5, 5.41) is 39.0. The minimum Gasteiger partial charge on any atom is -0.480 e. The second-order valence-corrected chi connectivity index (χ2v) is 8.36. The first kappa shape index (κ1) is 32.4. The smallest absolute Gasteiger partial charge is 0.317 e. The van der Waals surface area contributed by atoms with E-state index < -0.39 is 50.1 Å². The van der Waals surface area contributed by atoms with Crippen molar-refractivity contribution in [3.8, 4) is 0 Å². The van der Waals surface area contributed by atoms with Crippen LogP contribution in [0.5, 0.6) is 0 Å². The molecule has 0 aromatic heterocycles. The van der Waals surface area contributed by atoms with E-state index in [-0.39, 0.29) is 45.2 Å². The van der Waals surface area contributed by atoms with Crippen LogP contribution in [0.1, 0.15) is 11.1 Å². The number of nitrogens with one attached hydrogen (secondary N) is 2. The number of amides is 1. The van der Waals surface area contributed by atoms with Crippen LogP contribution in [-0.2, 0) is 42.0 Å². The van der Waals surface area contributed by atoms with E-state index in [4.69, 9.17) is 25.3 Å². The zero-order valence-corrected chi connectivity index (χ0v) is 21.2. The number of carboxylic acid groups (broad SMARTS) is 4. The summed E-state index contributed by atoms with van der Waals surface area (Å²) in [6.07, 6.45) is 0. The number of benzene rings is 1. The number of carboxylic acids is 4. The maximum atomic E-state index is 12.7. The zero-order valence-electron chi connectivity index (χ0n) is 21.2. The van der Waals surface area contributed by atoms with Crippen LogP contribution in [-0.4, -0.2) is 131 Å². The van der Waals surface area contributed by atoms with Crippen LogP contribution >= 0.6 is 0 Å². The molecule has 0 aliphatic heterocycles. The Balaban J connectivity index is 2.81. The lowest BCUT2D eigenvalue weighted by molar-refractivity contribution is -0.143. The van der Waals surface area contributed by atoms with Crippen LogP contribution in [0.2, 0.25) is 0 Å². The maximum Gasteiger partial charge on any atom is 0.317 e. The van der Waals surface area contributed by atoms with Gasteiger partial charge >= 0.3 is 23.9 Å². The van der Waals surface area contributed by atoms with Gasteiger partial charge in [-0.05, 0) is 11.1 Å². The molecule has 0 unspecified atom stereocenters. The SMILES string of the molecule is CNOCc1ccc(CNC(=O)CN(CCN(CC(=O)O)CC(=O)O)CCN(CC(=O)O)CC(=O)O)cc1. The van der Waals surface area contributed by atoms with E-state index in [0.717, 1.165) is 11.1 Å². The van der Waals surface area contributed by atoms with Gasteiger partial charge in [0.05, 0.1) is 39.3 Å². The quantitative estimate of drug-likeness (QED) is 0.0949. The Morgan fingerprint density at radius 1 is 0.658 bits per heavy atom. The molecule has 212 valence electrons. The third-order valence-electron chi connectivity index (χ3n) is 5.16. The van der Waals surface area contributed by atoms with Crippen LogP contribution in [0.4, 0.5) is 0 Å². The first-order valence-corrected chi connectivity index (χ1v) is 11.7. The zero-order chi connectivity index (χ0) is 28.5. The Labute approximate surface area is 219 Å². The maximum absolute atomic E-state index is 12.7. The van der Waals surface area contributed by atoms with Gasteiger partial charge in [-0.1, -0.05) is 24.3 Å². The number of carbonyl (C=O) groups excluding carboxylic acids is 1. The molecule has 0 bridgehead atoms. The average molecular weight is 542 g/mol. The van der Waals surface area contributed by atoms with Crippen molar-refractivity contribution in [2.75, 3.05) is 66.0 Å². The summed E-state index contributed by atoms with van der Waals surface area (Å²) in [5.74, 6) is -5.23. The first-order chi connectivity index (χ1) is 18.0. The number of hydrogen-bond donors (Lipinski definition) is 6. The van der Waals surface area contributed by atoms with Crippen molar-refractivity contribution < 1.29 is 49.2 Å². The van der Waals surface area contributed by atoms with Gasteiger partial charge in [-0.15, -0.1) is 0 Å². The lowest BCUT2D eigenvalue weighted by atomic mass is 10.1. The predicted octanol–water partition coefficient (Wildman–Crippen LogP) is -1.80. The molecule has 1 aromatic carbocycles. The Morgan fingerprint density at radius 3 is 1.45 bits per heavy atom. The lowest BCUT2D eigenvalue weighted by Gasteiger charge is -2.28. The highest BCUT2D eigenvalue weighted by atomic mass is 16.6. The molecule has 0 saturated carbocycles. The minimum atomic E-state index is -1.21. The molecule has 1 aromatic rings. The van der Waals surface area contributed by atoms with Crippen LogP contribution < -0.4 is 10.8 Å². The largest absolute Gasteiger partial charge is 0.480 e. The Bertz CT molecular complexity index is 856. The van der Waals surface area contributed by atoms with E-state index in [1.165, 1.54) is 9.80 Å². The molecule has 0 atom stereocenters. The van der Waals surface area contributed by atoms with Crippen molar-refractivity contribution in [1.82, 2.24) is 25.5 Å². The van der Waals surface area contributed by atoms with Crippen molar-refractivity contribution >= 4 is 29.8 Å². The number of hydroxylamine groups is 1. The number of hydrogen-bond acceptors (Lipinski definition) is 10. The van der Waals surface area contributed by atoms with Gasteiger partial charge in [0.15, 0.2) is 0 Å². The van der Waals surface area contributed by atoms with E-state index in [2.05, 4.69) is 10.8 Å². The highest BCUT2D eigenvalue weighted by Gasteiger charge is 2.19. The fourth-order valence-corrected chi connectivity index (χ4v) is 3.40. The minimum absolute atomic E-state index is 0.000108. The van der Waals surface area contributed by atoms with Gasteiger partial charge in [-0.3, -0.25) is 43.5 Å². The summed E-state index contributed by atoms with van der Waals surface area (Å²) in [6, 6.07) is 7.36. The monoisotopic (exact) mass is 541 g/mol. The Morgan fingerprint density at radius 2 is 1.05 bits per heavy atom. The lowest BCUT2D eigenvalue weighted by Crippen LogP contribution is -2.47. The Kier molecular flexibility index (Phi) is 15.1. The highest BCUT2D eigenvalue weighted by molar-refractivity contribution is 5.78. The van der Waals surface area contributed by atoms with Crippen molar-refractivity contribution in [2.24, 2.45) is 0 Å². The molecular formula is C23H35N5O10. The third kappa shape index (κ3) is 15.5. The van der Waals surface area contributed by atoms with E-state index in [1.54, 1.807) is 11.9 Å². The van der Waals surface area contributed by atoms with Crippen LogP contribution in [0.3, 0.4) is 0 Å². The van der Waals surface area contributed by atoms with Gasteiger partial charge < -0.3 is 25.7 Å². The summed E-state index contributed by atoms with van der Waals surface area (Å²) in [5.41, 5.74) is 4.34. The van der Waals surface area contributed by atoms with Gasteiger partial charge in [0.25, 0.3) is 0 Å². The summed E-state index contributed by atoms with van der Waals surface area (Å²) in [7, 11) is 1.65. The topological polar surface area (TPSA) is 209 Å². The molecule has 15 heteroatoms. The van der Waals surface area contributed by atoms with Gasteiger partial charge in [0.2, 0.25) is 5.91 Å². The first-order valence-electron chi connectivity index (χ1n) is 11.7. The summed E-state index contributed by atoms with van der Waals surface area (Å²) < 4.78 is 0. The standard InChI is InChI=1S/C23H35N5O10/c1-24-38-16-18-4-2-17(3-5-18)10-25-19(29)11-26(6-8-27(12-20(30)31)13-21(32)33)7-9-28(14-22(34)35)15-23(36)37/h2-5,24H,6-16H2,1H3,(H,25,29)(H,30,31)(H,32,33)(H,34,35)(H,36,37). The van der Waals surface area contributed by atoms with E-state index in [0.29, 0.717) is 6.61 Å². The van der Waals surface area contributed by atoms with Crippen molar-refractivity contribution in [1.29, 1.82) is 0 Å². The Hall–Kier alpha value is -3.63. The van der Waals surface area contributed by atoms with Gasteiger partial charge in [-0.25, -0.2) is 5.48 Å². The van der Waals surface area contributed by atoms with E-state index >= 15 is 0 Å². The molecule has 0 saturated heterocycles. The molecule has 0 heterocycles. The molecule has 0 aliphatic rings. The molecule has 0 radical (unpaired) electrons. The van der Waals surface area contributed by atoms with Gasteiger partial charge in [0.1, 0.15) is 0 Å². The predicted molar refractivity (Wildman–Crippen MR) is 132 cm³/mol. The molecular weight excluding hydrogens is 506 g/mol. The van der Waals surface area contributed by atoms with Crippen molar-refractivity contribution in [3.05, 3.63) is 35.4 Å². The summed E-state index contributed by atoms with van der Waals surface area (Å²) in [4.78, 5) is 66.0. The van der Waals surface area contributed by atoms with Crippen LogP contribution in [0, 0.1) is 0 Å². The third-order valence-corrected chi connectivity index (χ3v) is 5.16. The number of aliphatic carboxylic acids is 4. The fraction of sp³-hybridized carbons (Fsp3) is 0.522. The summed E-state index contributed by atoms with van der Waals surface area (Å²) in [6.45, 7) is -1.47. The highest BCUT2D eigenvalue weighted by Crippen LogP contribution is 2.05. The van der Waals surface area contributed by atoms with Gasteiger partial charge in [0, 0.05) is 39.8 Å². The van der Waals surface area contributed by atoms with Crippen molar-refractivity contribution in [3.63, 3.8) is 0 Å². The second-order valence-electron chi connectivity index (χ2n) is 8.36. The average Bonchev–Trinajstić information content (AvgIpc) is 2.82. The molecule has 0 aliphatic carbocycles.